The Morgan fingerprint density at radius 1 is 1.31 bits per heavy atom. The summed E-state index contributed by atoms with van der Waals surface area (Å²) in [7, 11) is 0. The molecule has 0 aromatic heterocycles. The van der Waals surface area contributed by atoms with Gasteiger partial charge in [0.2, 0.25) is 0 Å². The van der Waals surface area contributed by atoms with E-state index in [9.17, 15) is 0 Å². The molecule has 0 amide bonds. The topological polar surface area (TPSA) is 15.3 Å². The molecule has 2 nitrogen and oxygen atoms in total. The highest BCUT2D eigenvalue weighted by molar-refractivity contribution is 4.83. The SMILES string of the molecule is CCC(C)C1CNCCN1CCCC(C)C. The van der Waals surface area contributed by atoms with Gasteiger partial charge in [0.15, 0.2) is 0 Å². The average Bonchev–Trinajstić information content (AvgIpc) is 2.28. The fourth-order valence-corrected chi connectivity index (χ4v) is 2.58. The van der Waals surface area contributed by atoms with Gasteiger partial charge in [-0.1, -0.05) is 34.1 Å². The molecule has 1 heterocycles. The van der Waals surface area contributed by atoms with Gasteiger partial charge < -0.3 is 5.32 Å². The molecule has 2 unspecified atom stereocenters. The van der Waals surface area contributed by atoms with Gasteiger partial charge in [0.1, 0.15) is 0 Å². The van der Waals surface area contributed by atoms with E-state index in [1.165, 1.54) is 45.4 Å². The van der Waals surface area contributed by atoms with Crippen LogP contribution in [0.2, 0.25) is 0 Å². The molecule has 0 aromatic rings. The van der Waals surface area contributed by atoms with Gasteiger partial charge in [-0.2, -0.15) is 0 Å². The Balaban J connectivity index is 2.35. The van der Waals surface area contributed by atoms with Crippen LogP contribution in [-0.2, 0) is 0 Å². The average molecular weight is 226 g/mol. The zero-order valence-corrected chi connectivity index (χ0v) is 11.6. The van der Waals surface area contributed by atoms with Crippen LogP contribution < -0.4 is 5.32 Å². The molecule has 2 atom stereocenters. The van der Waals surface area contributed by atoms with Crippen molar-refractivity contribution < 1.29 is 0 Å². The quantitative estimate of drug-likeness (QED) is 0.749. The van der Waals surface area contributed by atoms with Crippen molar-refractivity contribution in [2.75, 3.05) is 26.2 Å². The molecule has 0 bridgehead atoms. The molecular formula is C14H30N2. The van der Waals surface area contributed by atoms with Crippen molar-refractivity contribution in [2.45, 2.75) is 53.0 Å². The summed E-state index contributed by atoms with van der Waals surface area (Å²) in [5.41, 5.74) is 0. The predicted molar refractivity (Wildman–Crippen MR) is 71.8 cm³/mol. The molecule has 0 aromatic carbocycles. The van der Waals surface area contributed by atoms with E-state index in [2.05, 4.69) is 37.9 Å². The second kappa shape index (κ2) is 7.29. The summed E-state index contributed by atoms with van der Waals surface area (Å²) in [4.78, 5) is 2.72. The second-order valence-corrected chi connectivity index (χ2v) is 5.73. The highest BCUT2D eigenvalue weighted by Gasteiger charge is 2.25. The summed E-state index contributed by atoms with van der Waals surface area (Å²) in [6.45, 7) is 14.3. The Hall–Kier alpha value is -0.0800. The van der Waals surface area contributed by atoms with Crippen LogP contribution in [0, 0.1) is 11.8 Å². The number of nitrogens with zero attached hydrogens (tertiary/aromatic N) is 1. The third kappa shape index (κ3) is 4.42. The lowest BCUT2D eigenvalue weighted by Crippen LogP contribution is -2.54. The molecule has 1 rings (SSSR count). The number of rotatable bonds is 6. The van der Waals surface area contributed by atoms with Crippen LogP contribution >= 0.6 is 0 Å². The van der Waals surface area contributed by atoms with Gasteiger partial charge in [-0.25, -0.2) is 0 Å². The summed E-state index contributed by atoms with van der Waals surface area (Å²) >= 11 is 0. The highest BCUT2D eigenvalue weighted by atomic mass is 15.2. The van der Waals surface area contributed by atoms with Crippen molar-refractivity contribution in [3.63, 3.8) is 0 Å². The van der Waals surface area contributed by atoms with Gasteiger partial charge in [0.25, 0.3) is 0 Å². The van der Waals surface area contributed by atoms with Crippen LogP contribution in [0.15, 0.2) is 0 Å². The third-order valence-electron chi connectivity index (χ3n) is 3.93. The van der Waals surface area contributed by atoms with Gasteiger partial charge in [0, 0.05) is 25.7 Å². The summed E-state index contributed by atoms with van der Waals surface area (Å²) in [5, 5.41) is 3.54. The van der Waals surface area contributed by atoms with E-state index < -0.39 is 0 Å². The van der Waals surface area contributed by atoms with Gasteiger partial charge in [-0.15, -0.1) is 0 Å². The molecule has 1 N–H and O–H groups in total. The molecule has 0 radical (unpaired) electrons. The van der Waals surface area contributed by atoms with Gasteiger partial charge in [-0.05, 0) is 31.2 Å². The van der Waals surface area contributed by atoms with E-state index in [4.69, 9.17) is 0 Å². The van der Waals surface area contributed by atoms with E-state index in [1.54, 1.807) is 0 Å². The Kier molecular flexibility index (Phi) is 6.37. The summed E-state index contributed by atoms with van der Waals surface area (Å²) < 4.78 is 0. The lowest BCUT2D eigenvalue weighted by Gasteiger charge is -2.39. The molecule has 1 aliphatic rings. The van der Waals surface area contributed by atoms with Crippen LogP contribution in [0.3, 0.4) is 0 Å². The van der Waals surface area contributed by atoms with Crippen molar-refractivity contribution in [1.29, 1.82) is 0 Å². The zero-order chi connectivity index (χ0) is 12.0. The predicted octanol–water partition coefficient (Wildman–Crippen LogP) is 2.74. The minimum atomic E-state index is 0.769. The zero-order valence-electron chi connectivity index (χ0n) is 11.6. The van der Waals surface area contributed by atoms with Crippen LogP contribution in [0.25, 0.3) is 0 Å². The minimum Gasteiger partial charge on any atom is -0.314 e. The van der Waals surface area contributed by atoms with E-state index in [1.807, 2.05) is 0 Å². The van der Waals surface area contributed by atoms with Crippen molar-refractivity contribution in [1.82, 2.24) is 10.2 Å². The monoisotopic (exact) mass is 226 g/mol. The lowest BCUT2D eigenvalue weighted by atomic mass is 9.95. The van der Waals surface area contributed by atoms with Crippen LogP contribution in [-0.4, -0.2) is 37.1 Å². The van der Waals surface area contributed by atoms with Crippen LogP contribution in [0.4, 0.5) is 0 Å². The fraction of sp³-hybridized carbons (Fsp3) is 1.00. The molecule has 16 heavy (non-hydrogen) atoms. The molecule has 1 aliphatic heterocycles. The summed E-state index contributed by atoms with van der Waals surface area (Å²) in [6, 6.07) is 0.769. The van der Waals surface area contributed by atoms with Crippen LogP contribution in [0.5, 0.6) is 0 Å². The van der Waals surface area contributed by atoms with Crippen molar-refractivity contribution in [2.24, 2.45) is 11.8 Å². The first-order chi connectivity index (χ1) is 7.65. The summed E-state index contributed by atoms with van der Waals surface area (Å²) in [5.74, 6) is 1.68. The molecule has 0 saturated carbocycles. The van der Waals surface area contributed by atoms with Crippen molar-refractivity contribution >= 4 is 0 Å². The van der Waals surface area contributed by atoms with Crippen molar-refractivity contribution in [3.05, 3.63) is 0 Å². The third-order valence-corrected chi connectivity index (χ3v) is 3.93. The van der Waals surface area contributed by atoms with Gasteiger partial charge in [0.05, 0.1) is 0 Å². The first-order valence-electron chi connectivity index (χ1n) is 7.09. The van der Waals surface area contributed by atoms with Crippen LogP contribution in [0.1, 0.15) is 47.0 Å². The first-order valence-corrected chi connectivity index (χ1v) is 7.09. The Labute approximate surface area is 102 Å². The number of hydrogen-bond acceptors (Lipinski definition) is 2. The standard InChI is InChI=1S/C14H30N2/c1-5-13(4)14-11-15-8-10-16(14)9-6-7-12(2)3/h12-15H,5-11H2,1-4H3. The molecule has 1 saturated heterocycles. The maximum absolute atomic E-state index is 3.54. The van der Waals surface area contributed by atoms with E-state index in [0.29, 0.717) is 0 Å². The van der Waals surface area contributed by atoms with Crippen molar-refractivity contribution in [3.8, 4) is 0 Å². The first kappa shape index (κ1) is 14.0. The Morgan fingerprint density at radius 2 is 2.06 bits per heavy atom. The molecule has 2 heteroatoms. The molecular weight excluding hydrogens is 196 g/mol. The Bertz CT molecular complexity index is 180. The van der Waals surface area contributed by atoms with E-state index in [0.717, 1.165) is 17.9 Å². The maximum atomic E-state index is 3.54. The highest BCUT2D eigenvalue weighted by Crippen LogP contribution is 2.17. The largest absolute Gasteiger partial charge is 0.314 e. The fourth-order valence-electron chi connectivity index (χ4n) is 2.58. The van der Waals surface area contributed by atoms with Gasteiger partial charge >= 0.3 is 0 Å². The van der Waals surface area contributed by atoms with E-state index in [-0.39, 0.29) is 0 Å². The summed E-state index contributed by atoms with van der Waals surface area (Å²) in [6.07, 6.45) is 4.04. The number of nitrogens with one attached hydrogen (secondary N) is 1. The molecule has 96 valence electrons. The number of piperazine rings is 1. The normalized spacial score (nSPS) is 24.9. The lowest BCUT2D eigenvalue weighted by molar-refractivity contribution is 0.113. The number of hydrogen-bond donors (Lipinski definition) is 1. The van der Waals surface area contributed by atoms with E-state index >= 15 is 0 Å². The minimum absolute atomic E-state index is 0.769. The van der Waals surface area contributed by atoms with Gasteiger partial charge in [-0.3, -0.25) is 4.90 Å². The maximum Gasteiger partial charge on any atom is 0.0246 e. The Morgan fingerprint density at radius 3 is 2.69 bits per heavy atom. The molecule has 0 spiro atoms. The smallest absolute Gasteiger partial charge is 0.0246 e. The molecule has 1 fully saturated rings. The molecule has 0 aliphatic carbocycles. The second-order valence-electron chi connectivity index (χ2n) is 5.73.